The molecule has 1 nitrogen and oxygen atoms in total. The standard InChI is InChI=1S/C18H37N/c1-4-7-9-17-10-13-18(14-11-17,12-8-5-2)16-19-15-6-3/h17,19H,4-16H2,1-3H3. The second kappa shape index (κ2) is 9.80. The topological polar surface area (TPSA) is 12.0 Å². The Morgan fingerprint density at radius 3 is 2.21 bits per heavy atom. The Morgan fingerprint density at radius 1 is 0.947 bits per heavy atom. The van der Waals surface area contributed by atoms with E-state index in [4.69, 9.17) is 0 Å². The third kappa shape index (κ3) is 6.29. The van der Waals surface area contributed by atoms with Crippen LogP contribution in [0.4, 0.5) is 0 Å². The summed E-state index contributed by atoms with van der Waals surface area (Å²) in [7, 11) is 0. The van der Waals surface area contributed by atoms with Crippen molar-refractivity contribution in [1.82, 2.24) is 5.32 Å². The molecule has 1 heteroatoms. The van der Waals surface area contributed by atoms with Gasteiger partial charge in [-0.3, -0.25) is 0 Å². The molecule has 114 valence electrons. The molecule has 0 heterocycles. The molecule has 0 aromatic heterocycles. The highest BCUT2D eigenvalue weighted by Crippen LogP contribution is 2.43. The first kappa shape index (κ1) is 17.0. The van der Waals surface area contributed by atoms with Gasteiger partial charge < -0.3 is 5.32 Å². The maximum atomic E-state index is 3.71. The van der Waals surface area contributed by atoms with Gasteiger partial charge in [-0.1, -0.05) is 52.9 Å². The lowest BCUT2D eigenvalue weighted by atomic mass is 9.67. The highest BCUT2D eigenvalue weighted by molar-refractivity contribution is 4.87. The average Bonchev–Trinajstić information content (AvgIpc) is 2.45. The summed E-state index contributed by atoms with van der Waals surface area (Å²) in [5.41, 5.74) is 0.647. The smallest absolute Gasteiger partial charge is 0.000781 e. The monoisotopic (exact) mass is 267 g/mol. The molecule has 0 amide bonds. The summed E-state index contributed by atoms with van der Waals surface area (Å²) >= 11 is 0. The van der Waals surface area contributed by atoms with Crippen LogP contribution in [0.25, 0.3) is 0 Å². The predicted octanol–water partition coefficient (Wildman–Crippen LogP) is 5.54. The lowest BCUT2D eigenvalue weighted by Gasteiger charge is -2.41. The van der Waals surface area contributed by atoms with E-state index in [1.54, 1.807) is 0 Å². The fraction of sp³-hybridized carbons (Fsp3) is 1.00. The van der Waals surface area contributed by atoms with Gasteiger partial charge in [-0.05, 0) is 56.4 Å². The van der Waals surface area contributed by atoms with E-state index < -0.39 is 0 Å². The van der Waals surface area contributed by atoms with E-state index in [2.05, 4.69) is 26.1 Å². The fourth-order valence-corrected chi connectivity index (χ4v) is 3.67. The molecule has 1 rings (SSSR count). The quantitative estimate of drug-likeness (QED) is 0.512. The molecule has 0 spiro atoms. The van der Waals surface area contributed by atoms with Crippen molar-refractivity contribution in [3.8, 4) is 0 Å². The van der Waals surface area contributed by atoms with Gasteiger partial charge in [-0.25, -0.2) is 0 Å². The van der Waals surface area contributed by atoms with Crippen LogP contribution in [0.3, 0.4) is 0 Å². The molecule has 1 aliphatic rings. The van der Waals surface area contributed by atoms with E-state index in [1.807, 2.05) is 0 Å². The highest BCUT2D eigenvalue weighted by Gasteiger charge is 2.33. The van der Waals surface area contributed by atoms with E-state index in [9.17, 15) is 0 Å². The summed E-state index contributed by atoms with van der Waals surface area (Å²) < 4.78 is 0. The number of nitrogens with one attached hydrogen (secondary N) is 1. The molecule has 19 heavy (non-hydrogen) atoms. The van der Waals surface area contributed by atoms with Crippen molar-refractivity contribution < 1.29 is 0 Å². The van der Waals surface area contributed by atoms with Gasteiger partial charge in [0.05, 0.1) is 0 Å². The molecule has 1 aliphatic carbocycles. The molecule has 0 aromatic rings. The largest absolute Gasteiger partial charge is 0.316 e. The van der Waals surface area contributed by atoms with Crippen LogP contribution < -0.4 is 5.32 Å². The maximum Gasteiger partial charge on any atom is 0.000781 e. The van der Waals surface area contributed by atoms with Gasteiger partial charge in [-0.15, -0.1) is 0 Å². The summed E-state index contributed by atoms with van der Waals surface area (Å²) in [6.07, 6.45) is 15.8. The number of hydrogen-bond donors (Lipinski definition) is 1. The fourth-order valence-electron chi connectivity index (χ4n) is 3.67. The minimum atomic E-state index is 0.647. The number of rotatable bonds is 10. The molecule has 0 radical (unpaired) electrons. The van der Waals surface area contributed by atoms with E-state index in [0.717, 1.165) is 5.92 Å². The van der Waals surface area contributed by atoms with Crippen LogP contribution in [-0.4, -0.2) is 13.1 Å². The summed E-state index contributed by atoms with van der Waals surface area (Å²) in [6, 6.07) is 0. The second-order valence-electron chi connectivity index (χ2n) is 6.87. The minimum Gasteiger partial charge on any atom is -0.316 e. The van der Waals surface area contributed by atoms with Crippen molar-refractivity contribution in [2.24, 2.45) is 11.3 Å². The molecule has 1 saturated carbocycles. The zero-order chi connectivity index (χ0) is 14.0. The Morgan fingerprint density at radius 2 is 1.63 bits per heavy atom. The minimum absolute atomic E-state index is 0.647. The maximum absolute atomic E-state index is 3.71. The van der Waals surface area contributed by atoms with Crippen LogP contribution in [0.15, 0.2) is 0 Å². The SMILES string of the molecule is CCCCC1CCC(CCCC)(CNCCC)CC1. The second-order valence-corrected chi connectivity index (χ2v) is 6.87. The predicted molar refractivity (Wildman–Crippen MR) is 86.6 cm³/mol. The van der Waals surface area contributed by atoms with E-state index in [-0.39, 0.29) is 0 Å². The normalized spacial score (nSPS) is 27.6. The number of unbranched alkanes of at least 4 members (excludes halogenated alkanes) is 2. The van der Waals surface area contributed by atoms with Gasteiger partial charge in [0, 0.05) is 6.54 Å². The molecule has 0 atom stereocenters. The van der Waals surface area contributed by atoms with Gasteiger partial charge in [0.2, 0.25) is 0 Å². The average molecular weight is 268 g/mol. The third-order valence-electron chi connectivity index (χ3n) is 5.12. The molecule has 0 saturated heterocycles. The lowest BCUT2D eigenvalue weighted by Crippen LogP contribution is -2.38. The van der Waals surface area contributed by atoms with Crippen LogP contribution >= 0.6 is 0 Å². The molecule has 1 N–H and O–H groups in total. The Labute approximate surface area is 121 Å². The first-order valence-electron chi connectivity index (χ1n) is 8.97. The van der Waals surface area contributed by atoms with Gasteiger partial charge in [0.25, 0.3) is 0 Å². The van der Waals surface area contributed by atoms with E-state index in [1.165, 1.54) is 83.7 Å². The lowest BCUT2D eigenvalue weighted by molar-refractivity contribution is 0.125. The Bertz CT molecular complexity index is 204. The number of hydrogen-bond acceptors (Lipinski definition) is 1. The summed E-state index contributed by atoms with van der Waals surface area (Å²) in [5, 5.41) is 3.71. The Balaban J connectivity index is 2.39. The first-order chi connectivity index (χ1) is 9.26. The molecular formula is C18H37N. The molecule has 0 bridgehead atoms. The van der Waals surface area contributed by atoms with Crippen molar-refractivity contribution in [2.75, 3.05) is 13.1 Å². The van der Waals surface area contributed by atoms with Crippen molar-refractivity contribution in [3.05, 3.63) is 0 Å². The van der Waals surface area contributed by atoms with Gasteiger partial charge in [-0.2, -0.15) is 0 Å². The first-order valence-corrected chi connectivity index (χ1v) is 8.97. The molecule has 1 fully saturated rings. The van der Waals surface area contributed by atoms with E-state index >= 15 is 0 Å². The molecule has 0 unspecified atom stereocenters. The Kier molecular flexibility index (Phi) is 8.77. The Hall–Kier alpha value is -0.0400. The molecule has 0 aromatic carbocycles. The molecule has 0 aliphatic heterocycles. The van der Waals surface area contributed by atoms with E-state index in [0.29, 0.717) is 5.41 Å². The van der Waals surface area contributed by atoms with Crippen LogP contribution in [0.1, 0.15) is 91.4 Å². The van der Waals surface area contributed by atoms with Crippen LogP contribution in [0.5, 0.6) is 0 Å². The summed E-state index contributed by atoms with van der Waals surface area (Å²) in [6.45, 7) is 9.41. The van der Waals surface area contributed by atoms with Crippen LogP contribution in [-0.2, 0) is 0 Å². The van der Waals surface area contributed by atoms with Crippen molar-refractivity contribution in [2.45, 2.75) is 91.4 Å². The van der Waals surface area contributed by atoms with Crippen molar-refractivity contribution in [3.63, 3.8) is 0 Å². The summed E-state index contributed by atoms with van der Waals surface area (Å²) in [5.74, 6) is 1.04. The van der Waals surface area contributed by atoms with Crippen LogP contribution in [0, 0.1) is 11.3 Å². The molecular weight excluding hydrogens is 230 g/mol. The van der Waals surface area contributed by atoms with Crippen molar-refractivity contribution >= 4 is 0 Å². The zero-order valence-corrected chi connectivity index (χ0v) is 13.8. The van der Waals surface area contributed by atoms with Gasteiger partial charge in [0.15, 0.2) is 0 Å². The van der Waals surface area contributed by atoms with Crippen LogP contribution in [0.2, 0.25) is 0 Å². The van der Waals surface area contributed by atoms with Gasteiger partial charge in [0.1, 0.15) is 0 Å². The highest BCUT2D eigenvalue weighted by atomic mass is 14.9. The summed E-state index contributed by atoms with van der Waals surface area (Å²) in [4.78, 5) is 0. The zero-order valence-electron chi connectivity index (χ0n) is 13.8. The van der Waals surface area contributed by atoms with Crippen molar-refractivity contribution in [1.29, 1.82) is 0 Å². The third-order valence-corrected chi connectivity index (χ3v) is 5.12. The van der Waals surface area contributed by atoms with Gasteiger partial charge >= 0.3 is 0 Å².